The minimum absolute atomic E-state index is 0.162. The van der Waals surface area contributed by atoms with Crippen molar-refractivity contribution in [1.82, 2.24) is 0 Å². The minimum atomic E-state index is -0.162. The van der Waals surface area contributed by atoms with Crippen LogP contribution in [0.4, 0.5) is 0 Å². The number of hydrogen-bond acceptors (Lipinski definition) is 2. The van der Waals surface area contributed by atoms with Crippen molar-refractivity contribution in [3.63, 3.8) is 0 Å². The molecule has 2 heteroatoms. The molecule has 0 spiro atoms. The average molecular weight is 232 g/mol. The van der Waals surface area contributed by atoms with Gasteiger partial charge in [0.2, 0.25) is 0 Å². The van der Waals surface area contributed by atoms with Crippen molar-refractivity contribution in [2.24, 2.45) is 0 Å². The van der Waals surface area contributed by atoms with E-state index in [2.05, 4.69) is 26.0 Å². The van der Waals surface area contributed by atoms with Crippen molar-refractivity contribution in [3.05, 3.63) is 34.9 Å². The molecule has 0 aromatic heterocycles. The van der Waals surface area contributed by atoms with Crippen molar-refractivity contribution in [3.8, 4) is 0 Å². The molecule has 1 aliphatic rings. The van der Waals surface area contributed by atoms with Gasteiger partial charge in [-0.2, -0.15) is 0 Å². The molecule has 92 valence electrons. The van der Waals surface area contributed by atoms with Crippen molar-refractivity contribution >= 4 is 5.78 Å². The van der Waals surface area contributed by atoms with Crippen LogP contribution >= 0.6 is 0 Å². The van der Waals surface area contributed by atoms with E-state index < -0.39 is 0 Å². The third-order valence-corrected chi connectivity index (χ3v) is 3.49. The maximum atomic E-state index is 12.0. The summed E-state index contributed by atoms with van der Waals surface area (Å²) in [6.45, 7) is 4.91. The van der Waals surface area contributed by atoms with Crippen molar-refractivity contribution in [2.45, 2.75) is 45.6 Å². The van der Waals surface area contributed by atoms with E-state index in [4.69, 9.17) is 4.74 Å². The van der Waals surface area contributed by atoms with Crippen LogP contribution in [0.15, 0.2) is 18.2 Å². The van der Waals surface area contributed by atoms with Crippen molar-refractivity contribution < 1.29 is 9.53 Å². The molecule has 0 bridgehead atoms. The van der Waals surface area contributed by atoms with Crippen LogP contribution < -0.4 is 0 Å². The first kappa shape index (κ1) is 12.3. The summed E-state index contributed by atoms with van der Waals surface area (Å²) >= 11 is 0. The van der Waals surface area contributed by atoms with Crippen LogP contribution in [0.2, 0.25) is 0 Å². The number of ketones is 1. The maximum Gasteiger partial charge on any atom is 0.165 e. The quantitative estimate of drug-likeness (QED) is 0.801. The lowest BCUT2D eigenvalue weighted by atomic mass is 9.98. The van der Waals surface area contributed by atoms with Crippen LogP contribution in [0, 0.1) is 13.8 Å². The molecule has 0 radical (unpaired) electrons. The summed E-state index contributed by atoms with van der Waals surface area (Å²) < 4.78 is 5.52. The van der Waals surface area contributed by atoms with Crippen molar-refractivity contribution in [2.75, 3.05) is 6.61 Å². The molecule has 0 aliphatic carbocycles. The molecular formula is C15H20O2. The lowest BCUT2D eigenvalue weighted by molar-refractivity contribution is -0.132. The number of Topliss-reactive ketones (excluding diaryl/α,β-unsaturated/α-hetero) is 1. The van der Waals surface area contributed by atoms with E-state index in [9.17, 15) is 4.79 Å². The van der Waals surface area contributed by atoms with Crippen LogP contribution in [-0.2, 0) is 16.0 Å². The Bertz CT molecular complexity index is 403. The van der Waals surface area contributed by atoms with Crippen LogP contribution in [-0.4, -0.2) is 18.5 Å². The van der Waals surface area contributed by atoms with Gasteiger partial charge in [0.15, 0.2) is 5.78 Å². The number of benzene rings is 1. The number of hydrogen-bond donors (Lipinski definition) is 0. The van der Waals surface area contributed by atoms with Gasteiger partial charge in [0.05, 0.1) is 0 Å². The highest BCUT2D eigenvalue weighted by atomic mass is 16.5. The van der Waals surface area contributed by atoms with E-state index >= 15 is 0 Å². The molecule has 17 heavy (non-hydrogen) atoms. The predicted molar refractivity (Wildman–Crippen MR) is 68.2 cm³/mol. The molecule has 2 nitrogen and oxygen atoms in total. The van der Waals surface area contributed by atoms with E-state index in [1.54, 1.807) is 0 Å². The minimum Gasteiger partial charge on any atom is -0.370 e. The zero-order valence-corrected chi connectivity index (χ0v) is 10.7. The topological polar surface area (TPSA) is 26.3 Å². The monoisotopic (exact) mass is 232 g/mol. The van der Waals surface area contributed by atoms with Gasteiger partial charge in [-0.25, -0.2) is 0 Å². The van der Waals surface area contributed by atoms with Gasteiger partial charge in [0, 0.05) is 13.0 Å². The molecule has 1 aromatic rings. The Morgan fingerprint density at radius 1 is 1.29 bits per heavy atom. The maximum absolute atomic E-state index is 12.0. The molecule has 1 fully saturated rings. The number of carbonyl (C=O) groups excluding carboxylic acids is 1. The van der Waals surface area contributed by atoms with Gasteiger partial charge in [-0.05, 0) is 49.8 Å². The zero-order chi connectivity index (χ0) is 12.3. The lowest BCUT2D eigenvalue weighted by Crippen LogP contribution is -2.29. The first-order chi connectivity index (χ1) is 8.16. The average Bonchev–Trinajstić information content (AvgIpc) is 2.35. The Labute approximate surface area is 103 Å². The summed E-state index contributed by atoms with van der Waals surface area (Å²) in [4.78, 5) is 12.0. The van der Waals surface area contributed by atoms with Gasteiger partial charge in [-0.1, -0.05) is 18.2 Å². The third-order valence-electron chi connectivity index (χ3n) is 3.49. The Morgan fingerprint density at radius 2 is 2.12 bits per heavy atom. The lowest BCUT2D eigenvalue weighted by Gasteiger charge is -2.21. The first-order valence-electron chi connectivity index (χ1n) is 6.37. The normalized spacial score (nSPS) is 20.2. The predicted octanol–water partition coefficient (Wildman–Crippen LogP) is 2.98. The molecule has 1 atom stereocenters. The summed E-state index contributed by atoms with van der Waals surface area (Å²) in [7, 11) is 0. The highest BCUT2D eigenvalue weighted by Crippen LogP contribution is 2.17. The van der Waals surface area contributed by atoms with E-state index in [1.165, 1.54) is 11.1 Å². The smallest absolute Gasteiger partial charge is 0.165 e. The molecule has 1 heterocycles. The molecule has 1 aliphatic heterocycles. The van der Waals surface area contributed by atoms with Gasteiger partial charge in [-0.3, -0.25) is 4.79 Å². The summed E-state index contributed by atoms with van der Waals surface area (Å²) in [5.74, 6) is 0.230. The van der Waals surface area contributed by atoms with E-state index in [-0.39, 0.29) is 11.9 Å². The molecule has 1 unspecified atom stereocenters. The zero-order valence-electron chi connectivity index (χ0n) is 10.7. The third kappa shape index (κ3) is 3.16. The second-order valence-corrected chi connectivity index (χ2v) is 4.92. The summed E-state index contributed by atoms with van der Waals surface area (Å²) in [6, 6.07) is 6.23. The summed E-state index contributed by atoms with van der Waals surface area (Å²) in [5.41, 5.74) is 3.63. The fourth-order valence-corrected chi connectivity index (χ4v) is 2.22. The van der Waals surface area contributed by atoms with E-state index in [0.29, 0.717) is 6.42 Å². The van der Waals surface area contributed by atoms with Crippen LogP contribution in [0.5, 0.6) is 0 Å². The second kappa shape index (κ2) is 5.46. The van der Waals surface area contributed by atoms with Gasteiger partial charge in [-0.15, -0.1) is 0 Å². The first-order valence-corrected chi connectivity index (χ1v) is 6.37. The molecule has 1 saturated heterocycles. The Kier molecular flexibility index (Phi) is 3.95. The number of ether oxygens (including phenoxy) is 1. The Balaban J connectivity index is 1.99. The number of aryl methyl sites for hydroxylation is 2. The fraction of sp³-hybridized carbons (Fsp3) is 0.533. The van der Waals surface area contributed by atoms with Crippen LogP contribution in [0.3, 0.4) is 0 Å². The molecule has 0 saturated carbocycles. The standard InChI is InChI=1S/C15H20O2/c1-11-6-7-13(9-12(11)2)10-14(16)15-5-3-4-8-17-15/h6-7,9,15H,3-5,8,10H2,1-2H3. The summed E-state index contributed by atoms with van der Waals surface area (Å²) in [5, 5.41) is 0. The molecule has 1 aromatic carbocycles. The van der Waals surface area contributed by atoms with Gasteiger partial charge < -0.3 is 4.74 Å². The largest absolute Gasteiger partial charge is 0.370 e. The van der Waals surface area contributed by atoms with Gasteiger partial charge in [0.25, 0.3) is 0 Å². The second-order valence-electron chi connectivity index (χ2n) is 4.92. The molecule has 0 N–H and O–H groups in total. The van der Waals surface area contributed by atoms with Crippen LogP contribution in [0.25, 0.3) is 0 Å². The Hall–Kier alpha value is -1.15. The van der Waals surface area contributed by atoms with Crippen LogP contribution in [0.1, 0.15) is 36.0 Å². The number of rotatable bonds is 3. The van der Waals surface area contributed by atoms with Gasteiger partial charge in [0.1, 0.15) is 6.10 Å². The number of carbonyl (C=O) groups is 1. The van der Waals surface area contributed by atoms with E-state index in [0.717, 1.165) is 31.4 Å². The molecular weight excluding hydrogens is 212 g/mol. The molecule has 2 rings (SSSR count). The summed E-state index contributed by atoms with van der Waals surface area (Å²) in [6.07, 6.45) is 3.44. The fourth-order valence-electron chi connectivity index (χ4n) is 2.22. The highest BCUT2D eigenvalue weighted by Gasteiger charge is 2.21. The van der Waals surface area contributed by atoms with Gasteiger partial charge >= 0.3 is 0 Å². The highest BCUT2D eigenvalue weighted by molar-refractivity contribution is 5.85. The Morgan fingerprint density at radius 3 is 2.76 bits per heavy atom. The van der Waals surface area contributed by atoms with E-state index in [1.807, 2.05) is 6.07 Å². The molecule has 0 amide bonds. The van der Waals surface area contributed by atoms with Crippen molar-refractivity contribution in [1.29, 1.82) is 0 Å². The SMILES string of the molecule is Cc1ccc(CC(=O)C2CCCCO2)cc1C.